The van der Waals surface area contributed by atoms with Crippen LogP contribution in [-0.4, -0.2) is 25.8 Å². The van der Waals surface area contributed by atoms with Crippen LogP contribution < -0.4 is 9.47 Å². The van der Waals surface area contributed by atoms with E-state index >= 15 is 0 Å². The number of benzene rings is 2. The predicted molar refractivity (Wildman–Crippen MR) is 94.5 cm³/mol. The average molecular weight is 359 g/mol. The monoisotopic (exact) mass is 358 g/mol. The molecule has 4 nitrogen and oxygen atoms in total. The molecule has 2 aromatic rings. The first-order valence-electron chi connectivity index (χ1n) is 8.51. The molecule has 4 rings (SSSR count). The van der Waals surface area contributed by atoms with Crippen molar-refractivity contribution in [1.29, 1.82) is 0 Å². The van der Waals surface area contributed by atoms with Gasteiger partial charge in [-0.25, -0.2) is 0 Å². The minimum atomic E-state index is -0.194. The van der Waals surface area contributed by atoms with Crippen molar-refractivity contribution in [2.45, 2.75) is 18.8 Å². The van der Waals surface area contributed by atoms with Crippen molar-refractivity contribution < 1.29 is 19.0 Å². The molecule has 0 bridgehead atoms. The SMILES string of the molecule is CCOC(=O)[C@@H]1[C@H](c2ccccc2)[C@H]1c1cc(Cl)c2c(c1)OCCO2. The highest BCUT2D eigenvalue weighted by atomic mass is 35.5. The van der Waals surface area contributed by atoms with Gasteiger partial charge in [-0.2, -0.15) is 0 Å². The van der Waals surface area contributed by atoms with Crippen molar-refractivity contribution in [3.8, 4) is 11.5 Å². The molecule has 2 aliphatic rings. The van der Waals surface area contributed by atoms with Crippen molar-refractivity contribution in [2.24, 2.45) is 5.92 Å². The summed E-state index contributed by atoms with van der Waals surface area (Å²) in [6, 6.07) is 13.9. The zero-order chi connectivity index (χ0) is 17.4. The van der Waals surface area contributed by atoms with Crippen molar-refractivity contribution in [1.82, 2.24) is 0 Å². The number of carbonyl (C=O) groups excluding carboxylic acids is 1. The van der Waals surface area contributed by atoms with Crippen LogP contribution >= 0.6 is 11.6 Å². The Balaban J connectivity index is 1.70. The Morgan fingerprint density at radius 1 is 1.12 bits per heavy atom. The number of carbonyl (C=O) groups is 1. The number of rotatable bonds is 4. The fourth-order valence-electron chi connectivity index (χ4n) is 3.67. The molecule has 3 atom stereocenters. The van der Waals surface area contributed by atoms with Gasteiger partial charge in [-0.3, -0.25) is 4.79 Å². The molecule has 1 saturated carbocycles. The average Bonchev–Trinajstić information content (AvgIpc) is 3.38. The van der Waals surface area contributed by atoms with E-state index in [0.29, 0.717) is 36.3 Å². The topological polar surface area (TPSA) is 44.8 Å². The Bertz CT molecular complexity index is 790. The molecule has 1 aliphatic heterocycles. The van der Waals surface area contributed by atoms with Gasteiger partial charge in [0.15, 0.2) is 11.5 Å². The van der Waals surface area contributed by atoms with Crippen LogP contribution in [0.4, 0.5) is 0 Å². The lowest BCUT2D eigenvalue weighted by atomic mass is 10.0. The molecule has 0 aromatic heterocycles. The van der Waals surface area contributed by atoms with Crippen molar-refractivity contribution in [3.05, 3.63) is 58.6 Å². The van der Waals surface area contributed by atoms with E-state index in [1.807, 2.05) is 37.3 Å². The number of halogens is 1. The molecule has 0 N–H and O–H groups in total. The van der Waals surface area contributed by atoms with Crippen LogP contribution in [0.3, 0.4) is 0 Å². The van der Waals surface area contributed by atoms with Crippen LogP contribution in [0.25, 0.3) is 0 Å². The molecule has 0 spiro atoms. The number of ether oxygens (including phenoxy) is 3. The summed E-state index contributed by atoms with van der Waals surface area (Å²) >= 11 is 6.38. The van der Waals surface area contributed by atoms with Gasteiger partial charge in [0.05, 0.1) is 17.5 Å². The quantitative estimate of drug-likeness (QED) is 0.769. The van der Waals surface area contributed by atoms with E-state index in [0.717, 1.165) is 11.1 Å². The van der Waals surface area contributed by atoms with Gasteiger partial charge in [-0.15, -0.1) is 0 Å². The van der Waals surface area contributed by atoms with E-state index in [2.05, 4.69) is 12.1 Å². The lowest BCUT2D eigenvalue weighted by molar-refractivity contribution is -0.144. The maximum Gasteiger partial charge on any atom is 0.310 e. The molecular formula is C20H19ClO4. The molecule has 130 valence electrons. The molecule has 5 heteroatoms. The van der Waals surface area contributed by atoms with Gasteiger partial charge >= 0.3 is 5.97 Å². The van der Waals surface area contributed by atoms with E-state index in [4.69, 9.17) is 25.8 Å². The van der Waals surface area contributed by atoms with E-state index in [-0.39, 0.29) is 23.7 Å². The summed E-state index contributed by atoms with van der Waals surface area (Å²) in [5.74, 6) is 1.01. The van der Waals surface area contributed by atoms with Crippen LogP contribution in [0, 0.1) is 5.92 Å². The highest BCUT2D eigenvalue weighted by molar-refractivity contribution is 6.32. The summed E-state index contributed by atoms with van der Waals surface area (Å²) in [4.78, 5) is 12.4. The third-order valence-electron chi connectivity index (χ3n) is 4.77. The second-order valence-corrected chi connectivity index (χ2v) is 6.67. The first kappa shape index (κ1) is 16.3. The number of hydrogen-bond donors (Lipinski definition) is 0. The third kappa shape index (κ3) is 2.95. The fraction of sp³-hybridized carbons (Fsp3) is 0.350. The maximum absolute atomic E-state index is 12.4. The van der Waals surface area contributed by atoms with Gasteiger partial charge in [0.1, 0.15) is 13.2 Å². The van der Waals surface area contributed by atoms with Crippen LogP contribution in [0.2, 0.25) is 5.02 Å². The van der Waals surface area contributed by atoms with Gasteiger partial charge in [-0.05, 0) is 30.2 Å². The lowest BCUT2D eigenvalue weighted by Crippen LogP contribution is -2.16. The maximum atomic E-state index is 12.4. The standard InChI is InChI=1S/C20H19ClO4/c1-2-23-20(22)18-16(12-6-4-3-5-7-12)17(18)13-10-14(21)19-15(11-13)24-8-9-25-19/h3-7,10-11,16-18H,2,8-9H2,1H3/t16-,17-,18-/m1/s1. The molecule has 1 heterocycles. The Labute approximate surface area is 151 Å². The van der Waals surface area contributed by atoms with E-state index in [1.165, 1.54) is 0 Å². The van der Waals surface area contributed by atoms with Gasteiger partial charge in [0, 0.05) is 11.8 Å². The van der Waals surface area contributed by atoms with Crippen molar-refractivity contribution in [3.63, 3.8) is 0 Å². The zero-order valence-corrected chi connectivity index (χ0v) is 14.7. The van der Waals surface area contributed by atoms with E-state index < -0.39 is 0 Å². The summed E-state index contributed by atoms with van der Waals surface area (Å²) < 4.78 is 16.6. The molecule has 1 aliphatic carbocycles. The molecular weight excluding hydrogens is 340 g/mol. The molecule has 1 fully saturated rings. The number of hydrogen-bond acceptors (Lipinski definition) is 4. The van der Waals surface area contributed by atoms with Crippen LogP contribution in [0.1, 0.15) is 29.9 Å². The molecule has 0 radical (unpaired) electrons. The Morgan fingerprint density at radius 3 is 2.60 bits per heavy atom. The Kier molecular flexibility index (Phi) is 4.30. The highest BCUT2D eigenvalue weighted by Gasteiger charge is 2.57. The normalized spacial score (nSPS) is 23.8. The highest BCUT2D eigenvalue weighted by Crippen LogP contribution is 2.62. The summed E-state index contributed by atoms with van der Waals surface area (Å²) in [6.45, 7) is 3.20. The van der Waals surface area contributed by atoms with E-state index in [9.17, 15) is 4.79 Å². The van der Waals surface area contributed by atoms with Gasteiger partial charge < -0.3 is 14.2 Å². The van der Waals surface area contributed by atoms with E-state index in [1.54, 1.807) is 0 Å². The smallest absolute Gasteiger partial charge is 0.310 e. The predicted octanol–water partition coefficient (Wildman–Crippen LogP) is 4.17. The molecule has 0 saturated heterocycles. The van der Waals surface area contributed by atoms with Crippen LogP contribution in [0.5, 0.6) is 11.5 Å². The molecule has 0 unspecified atom stereocenters. The number of esters is 1. The Morgan fingerprint density at radius 2 is 1.84 bits per heavy atom. The summed E-state index contributed by atoms with van der Waals surface area (Å²) in [5, 5.41) is 0.522. The van der Waals surface area contributed by atoms with Gasteiger partial charge in [0.25, 0.3) is 0 Å². The second kappa shape index (κ2) is 6.60. The van der Waals surface area contributed by atoms with Gasteiger partial charge in [0.2, 0.25) is 0 Å². The third-order valence-corrected chi connectivity index (χ3v) is 5.05. The molecule has 25 heavy (non-hydrogen) atoms. The van der Waals surface area contributed by atoms with Crippen molar-refractivity contribution >= 4 is 17.6 Å². The lowest BCUT2D eigenvalue weighted by Gasteiger charge is -2.20. The minimum Gasteiger partial charge on any atom is -0.486 e. The Hall–Kier alpha value is -2.20. The first-order chi connectivity index (χ1) is 12.2. The summed E-state index contributed by atoms with van der Waals surface area (Å²) in [7, 11) is 0. The summed E-state index contributed by atoms with van der Waals surface area (Å²) in [5.41, 5.74) is 2.12. The minimum absolute atomic E-state index is 0.0368. The van der Waals surface area contributed by atoms with Gasteiger partial charge in [-0.1, -0.05) is 41.9 Å². The largest absolute Gasteiger partial charge is 0.486 e. The fourth-order valence-corrected chi connectivity index (χ4v) is 3.94. The van der Waals surface area contributed by atoms with Crippen LogP contribution in [-0.2, 0) is 9.53 Å². The zero-order valence-electron chi connectivity index (χ0n) is 13.9. The second-order valence-electron chi connectivity index (χ2n) is 6.27. The van der Waals surface area contributed by atoms with Crippen molar-refractivity contribution in [2.75, 3.05) is 19.8 Å². The van der Waals surface area contributed by atoms with Crippen LogP contribution in [0.15, 0.2) is 42.5 Å². The molecule has 2 aromatic carbocycles. The summed E-state index contributed by atoms with van der Waals surface area (Å²) in [6.07, 6.45) is 0. The molecule has 0 amide bonds. The first-order valence-corrected chi connectivity index (χ1v) is 8.89. The number of fused-ring (bicyclic) bond motifs is 1.